The lowest BCUT2D eigenvalue weighted by Crippen LogP contribution is -2.33. The van der Waals surface area contributed by atoms with Crippen molar-refractivity contribution in [1.82, 2.24) is 9.97 Å². The van der Waals surface area contributed by atoms with E-state index in [0.29, 0.717) is 18.2 Å². The van der Waals surface area contributed by atoms with Gasteiger partial charge in [0.15, 0.2) is 0 Å². The standard InChI is InChI=1S/C11H18N4O/c1-8-9(12)14-7-15-10(8)13-6-11(16)4-2-3-5-11/h7,16H,2-6H2,1H3,(H3,12,13,14,15). The summed E-state index contributed by atoms with van der Waals surface area (Å²) in [6, 6.07) is 0. The third-order valence-electron chi connectivity index (χ3n) is 3.24. The van der Waals surface area contributed by atoms with Crippen molar-refractivity contribution in [3.05, 3.63) is 11.9 Å². The number of nitrogens with one attached hydrogen (secondary N) is 1. The summed E-state index contributed by atoms with van der Waals surface area (Å²) in [5, 5.41) is 13.3. The van der Waals surface area contributed by atoms with Crippen LogP contribution >= 0.6 is 0 Å². The molecule has 0 spiro atoms. The fraction of sp³-hybridized carbons (Fsp3) is 0.636. The van der Waals surface area contributed by atoms with Crippen LogP contribution in [-0.2, 0) is 0 Å². The van der Waals surface area contributed by atoms with E-state index >= 15 is 0 Å². The molecule has 88 valence electrons. The van der Waals surface area contributed by atoms with E-state index in [-0.39, 0.29) is 0 Å². The molecule has 5 heteroatoms. The molecule has 1 fully saturated rings. The SMILES string of the molecule is Cc1c(N)ncnc1NCC1(O)CCCC1. The van der Waals surface area contributed by atoms with Crippen molar-refractivity contribution in [1.29, 1.82) is 0 Å². The number of nitrogens with two attached hydrogens (primary N) is 1. The number of nitrogens with zero attached hydrogens (tertiary/aromatic N) is 2. The smallest absolute Gasteiger partial charge is 0.134 e. The highest BCUT2D eigenvalue weighted by Crippen LogP contribution is 2.29. The first-order valence-corrected chi connectivity index (χ1v) is 5.64. The van der Waals surface area contributed by atoms with Crippen LogP contribution in [0.1, 0.15) is 31.2 Å². The van der Waals surface area contributed by atoms with E-state index < -0.39 is 5.60 Å². The lowest BCUT2D eigenvalue weighted by atomic mass is 10.0. The molecular weight excluding hydrogens is 204 g/mol. The minimum Gasteiger partial charge on any atom is -0.388 e. The number of aliphatic hydroxyl groups is 1. The highest BCUT2D eigenvalue weighted by Gasteiger charge is 2.30. The minimum atomic E-state index is -0.577. The summed E-state index contributed by atoms with van der Waals surface area (Å²) < 4.78 is 0. The van der Waals surface area contributed by atoms with Gasteiger partial charge in [-0.15, -0.1) is 0 Å². The van der Waals surface area contributed by atoms with Gasteiger partial charge in [0.1, 0.15) is 18.0 Å². The molecular formula is C11H18N4O. The average Bonchev–Trinajstić information content (AvgIpc) is 2.68. The molecule has 1 heterocycles. The Morgan fingerprint density at radius 3 is 2.81 bits per heavy atom. The number of hydrogen-bond donors (Lipinski definition) is 3. The van der Waals surface area contributed by atoms with Gasteiger partial charge in [0.25, 0.3) is 0 Å². The Bertz CT molecular complexity index is 374. The van der Waals surface area contributed by atoms with Crippen LogP contribution in [0.4, 0.5) is 11.6 Å². The molecule has 4 N–H and O–H groups in total. The molecule has 1 aliphatic carbocycles. The second-order valence-electron chi connectivity index (χ2n) is 4.52. The summed E-state index contributed by atoms with van der Waals surface area (Å²) in [6.45, 7) is 2.40. The van der Waals surface area contributed by atoms with Crippen molar-refractivity contribution in [2.45, 2.75) is 38.2 Å². The zero-order valence-electron chi connectivity index (χ0n) is 9.53. The Morgan fingerprint density at radius 2 is 2.12 bits per heavy atom. The van der Waals surface area contributed by atoms with Crippen LogP contribution in [0.3, 0.4) is 0 Å². The quantitative estimate of drug-likeness (QED) is 0.712. The highest BCUT2D eigenvalue weighted by atomic mass is 16.3. The van der Waals surface area contributed by atoms with Gasteiger partial charge in [0.2, 0.25) is 0 Å². The van der Waals surface area contributed by atoms with E-state index in [1.165, 1.54) is 6.33 Å². The molecule has 0 radical (unpaired) electrons. The second kappa shape index (κ2) is 4.25. The Labute approximate surface area is 95.1 Å². The monoisotopic (exact) mass is 222 g/mol. The zero-order chi connectivity index (χ0) is 11.6. The van der Waals surface area contributed by atoms with Gasteiger partial charge in [0, 0.05) is 12.1 Å². The molecule has 1 aromatic rings. The van der Waals surface area contributed by atoms with Gasteiger partial charge in [-0.3, -0.25) is 0 Å². The maximum absolute atomic E-state index is 10.2. The molecule has 16 heavy (non-hydrogen) atoms. The van der Waals surface area contributed by atoms with Crippen LogP contribution in [-0.4, -0.2) is 27.2 Å². The first-order valence-electron chi connectivity index (χ1n) is 5.64. The molecule has 2 rings (SSSR count). The number of aromatic nitrogens is 2. The summed E-state index contributed by atoms with van der Waals surface area (Å²) in [4.78, 5) is 8.02. The number of nitrogen functional groups attached to an aromatic ring is 1. The van der Waals surface area contributed by atoms with Crippen molar-refractivity contribution >= 4 is 11.6 Å². The first-order chi connectivity index (χ1) is 7.61. The largest absolute Gasteiger partial charge is 0.388 e. The van der Waals surface area contributed by atoms with Crippen molar-refractivity contribution in [3.63, 3.8) is 0 Å². The molecule has 0 bridgehead atoms. The molecule has 0 unspecified atom stereocenters. The third-order valence-corrected chi connectivity index (χ3v) is 3.24. The van der Waals surface area contributed by atoms with Crippen molar-refractivity contribution < 1.29 is 5.11 Å². The van der Waals surface area contributed by atoms with Gasteiger partial charge < -0.3 is 16.2 Å². The summed E-state index contributed by atoms with van der Waals surface area (Å²) >= 11 is 0. The number of hydrogen-bond acceptors (Lipinski definition) is 5. The first kappa shape index (κ1) is 11.1. The van der Waals surface area contributed by atoms with Crippen molar-refractivity contribution in [3.8, 4) is 0 Å². The molecule has 0 aliphatic heterocycles. The van der Waals surface area contributed by atoms with Gasteiger partial charge >= 0.3 is 0 Å². The van der Waals surface area contributed by atoms with E-state index in [4.69, 9.17) is 5.73 Å². The molecule has 0 atom stereocenters. The molecule has 1 aromatic heterocycles. The van der Waals surface area contributed by atoms with Gasteiger partial charge in [0.05, 0.1) is 5.60 Å². The zero-order valence-corrected chi connectivity index (χ0v) is 9.53. The summed E-state index contributed by atoms with van der Waals surface area (Å²) in [5.74, 6) is 1.20. The third kappa shape index (κ3) is 2.24. The fourth-order valence-corrected chi connectivity index (χ4v) is 2.10. The molecule has 5 nitrogen and oxygen atoms in total. The van der Waals surface area contributed by atoms with Gasteiger partial charge in [-0.2, -0.15) is 0 Å². The summed E-state index contributed by atoms with van der Waals surface area (Å²) in [6.07, 6.45) is 5.36. The molecule has 0 aromatic carbocycles. The van der Waals surface area contributed by atoms with E-state index in [9.17, 15) is 5.11 Å². The Kier molecular flexibility index (Phi) is 2.96. The van der Waals surface area contributed by atoms with Gasteiger partial charge in [-0.05, 0) is 19.8 Å². The predicted octanol–water partition coefficient (Wildman–Crippen LogP) is 1.08. The van der Waals surface area contributed by atoms with Crippen molar-refractivity contribution in [2.24, 2.45) is 0 Å². The van der Waals surface area contributed by atoms with E-state index in [1.807, 2.05) is 6.92 Å². The lowest BCUT2D eigenvalue weighted by molar-refractivity contribution is 0.0614. The molecule has 1 aliphatic rings. The molecule has 0 amide bonds. The predicted molar refractivity (Wildman–Crippen MR) is 63.1 cm³/mol. The van der Waals surface area contributed by atoms with E-state index in [2.05, 4.69) is 15.3 Å². The van der Waals surface area contributed by atoms with Crippen LogP contribution in [0.2, 0.25) is 0 Å². The van der Waals surface area contributed by atoms with Crippen LogP contribution in [0, 0.1) is 6.92 Å². The van der Waals surface area contributed by atoms with E-state index in [1.54, 1.807) is 0 Å². The number of anilines is 2. The maximum Gasteiger partial charge on any atom is 0.134 e. The second-order valence-corrected chi connectivity index (χ2v) is 4.52. The maximum atomic E-state index is 10.2. The Balaban J connectivity index is 2.02. The highest BCUT2D eigenvalue weighted by molar-refractivity contribution is 5.53. The number of rotatable bonds is 3. The van der Waals surface area contributed by atoms with Gasteiger partial charge in [-0.25, -0.2) is 9.97 Å². The summed E-state index contributed by atoms with van der Waals surface area (Å²) in [7, 11) is 0. The normalized spacial score (nSPS) is 18.6. The Morgan fingerprint density at radius 1 is 1.44 bits per heavy atom. The van der Waals surface area contributed by atoms with Crippen LogP contribution in [0.15, 0.2) is 6.33 Å². The Hall–Kier alpha value is -1.36. The minimum absolute atomic E-state index is 0.482. The van der Waals surface area contributed by atoms with Gasteiger partial charge in [-0.1, -0.05) is 12.8 Å². The van der Waals surface area contributed by atoms with Crippen LogP contribution in [0.5, 0.6) is 0 Å². The average molecular weight is 222 g/mol. The summed E-state index contributed by atoms with van der Waals surface area (Å²) in [5.41, 5.74) is 5.94. The van der Waals surface area contributed by atoms with E-state index in [0.717, 1.165) is 31.2 Å². The molecule has 0 saturated heterocycles. The lowest BCUT2D eigenvalue weighted by Gasteiger charge is -2.23. The molecule has 1 saturated carbocycles. The van der Waals surface area contributed by atoms with Crippen molar-refractivity contribution in [2.75, 3.05) is 17.6 Å². The topological polar surface area (TPSA) is 84.1 Å². The fourth-order valence-electron chi connectivity index (χ4n) is 2.10. The van der Waals surface area contributed by atoms with Crippen LogP contribution < -0.4 is 11.1 Å². The van der Waals surface area contributed by atoms with Crippen LogP contribution in [0.25, 0.3) is 0 Å².